The van der Waals surface area contributed by atoms with Gasteiger partial charge in [-0.1, -0.05) is 54.6 Å². The molecule has 1 unspecified atom stereocenters. The zero-order valence-corrected chi connectivity index (χ0v) is 15.4. The third-order valence-corrected chi connectivity index (χ3v) is 4.28. The molecule has 0 radical (unpaired) electrons. The predicted molar refractivity (Wildman–Crippen MR) is 104 cm³/mol. The molecular weight excluding hydrogens is 358 g/mol. The van der Waals surface area contributed by atoms with Crippen LogP contribution in [0.5, 0.6) is 0 Å². The van der Waals surface area contributed by atoms with Gasteiger partial charge >= 0.3 is 5.97 Å². The topological polar surface area (TPSA) is 88.8 Å². The number of carbonyl (C=O) groups excluding carboxylic acids is 1. The number of carboxylic acids is 1. The van der Waals surface area contributed by atoms with Gasteiger partial charge in [-0.15, -0.1) is 0 Å². The first kappa shape index (κ1) is 19.4. The molecule has 2 aromatic carbocycles. The zero-order chi connectivity index (χ0) is 19.9. The molecule has 0 fully saturated rings. The predicted octanol–water partition coefficient (Wildman–Crippen LogP) is 3.65. The Hall–Kier alpha value is -3.38. The molecule has 1 heterocycles. The summed E-state index contributed by atoms with van der Waals surface area (Å²) in [7, 11) is 0. The Labute approximate surface area is 162 Å². The average molecular weight is 379 g/mol. The molecule has 0 saturated carbocycles. The van der Waals surface area contributed by atoms with Crippen molar-refractivity contribution in [1.82, 2.24) is 5.32 Å². The van der Waals surface area contributed by atoms with Crippen LogP contribution in [0, 0.1) is 6.92 Å². The number of ether oxygens (including phenoxy) is 1. The monoisotopic (exact) mass is 379 g/mol. The van der Waals surface area contributed by atoms with Gasteiger partial charge in [0.15, 0.2) is 11.8 Å². The molecule has 28 heavy (non-hydrogen) atoms. The molecule has 1 amide bonds. The fourth-order valence-electron chi connectivity index (χ4n) is 2.77. The minimum absolute atomic E-state index is 0.0487. The molecule has 3 rings (SSSR count). The van der Waals surface area contributed by atoms with Crippen molar-refractivity contribution in [1.29, 1.82) is 0 Å². The number of carboxylic acid groups (broad SMARTS) is 1. The fraction of sp³-hybridized carbons (Fsp3) is 0.182. The highest BCUT2D eigenvalue weighted by Gasteiger charge is 2.23. The molecule has 6 heteroatoms. The first-order chi connectivity index (χ1) is 13.5. The summed E-state index contributed by atoms with van der Waals surface area (Å²) in [5, 5.41) is 11.8. The van der Waals surface area contributed by atoms with E-state index in [1.165, 1.54) is 6.26 Å². The summed E-state index contributed by atoms with van der Waals surface area (Å²) in [6.45, 7) is 2.08. The van der Waals surface area contributed by atoms with Crippen molar-refractivity contribution in [3.63, 3.8) is 0 Å². The molecule has 6 nitrogen and oxygen atoms in total. The molecule has 1 atom stereocenters. The minimum Gasteiger partial charge on any atom is -0.480 e. The van der Waals surface area contributed by atoms with Crippen LogP contribution in [-0.4, -0.2) is 29.6 Å². The number of aryl methyl sites for hydroxylation is 1. The normalized spacial score (nSPS) is 11.8. The van der Waals surface area contributed by atoms with E-state index in [-0.39, 0.29) is 19.0 Å². The molecule has 144 valence electrons. The maximum absolute atomic E-state index is 12.4. The molecule has 0 aliphatic heterocycles. The van der Waals surface area contributed by atoms with Crippen molar-refractivity contribution < 1.29 is 23.8 Å². The van der Waals surface area contributed by atoms with Gasteiger partial charge in [0.25, 0.3) is 5.91 Å². The van der Waals surface area contributed by atoms with E-state index >= 15 is 0 Å². The number of furan rings is 1. The summed E-state index contributed by atoms with van der Waals surface area (Å²) in [4.78, 5) is 23.9. The molecular formula is C22H21NO5. The number of carbonyl (C=O) groups is 2. The number of rotatable bonds is 8. The molecule has 3 aromatic rings. The zero-order valence-electron chi connectivity index (χ0n) is 15.4. The molecule has 0 spiro atoms. The first-order valence-electron chi connectivity index (χ1n) is 8.84. The van der Waals surface area contributed by atoms with Crippen molar-refractivity contribution in [2.75, 3.05) is 6.61 Å². The lowest BCUT2D eigenvalue weighted by Gasteiger charge is -2.14. The van der Waals surface area contributed by atoms with Crippen molar-refractivity contribution in [3.05, 3.63) is 83.8 Å². The van der Waals surface area contributed by atoms with Gasteiger partial charge in [0.05, 0.1) is 19.5 Å². The number of benzene rings is 2. The van der Waals surface area contributed by atoms with Gasteiger partial charge < -0.3 is 19.6 Å². The average Bonchev–Trinajstić information content (AvgIpc) is 3.18. The highest BCUT2D eigenvalue weighted by molar-refractivity contribution is 5.95. The Morgan fingerprint density at radius 3 is 2.54 bits per heavy atom. The van der Waals surface area contributed by atoms with Gasteiger partial charge in [-0.25, -0.2) is 4.79 Å². The quantitative estimate of drug-likeness (QED) is 0.624. The number of hydrogen-bond acceptors (Lipinski definition) is 4. The highest BCUT2D eigenvalue weighted by Crippen LogP contribution is 2.25. The van der Waals surface area contributed by atoms with Gasteiger partial charge in [-0.3, -0.25) is 4.79 Å². The van der Waals surface area contributed by atoms with Gasteiger partial charge in [0.1, 0.15) is 0 Å². The van der Waals surface area contributed by atoms with Crippen LogP contribution in [-0.2, 0) is 16.1 Å². The summed E-state index contributed by atoms with van der Waals surface area (Å²) < 4.78 is 10.8. The van der Waals surface area contributed by atoms with Gasteiger partial charge in [0, 0.05) is 5.56 Å². The SMILES string of the molecule is Cc1ccccc1-c1coc(C(=O)NC(COCc2ccccc2)C(=O)O)c1. The Bertz CT molecular complexity index is 948. The second-order valence-corrected chi connectivity index (χ2v) is 6.38. The second kappa shape index (κ2) is 9.01. The van der Waals surface area contributed by atoms with Gasteiger partial charge in [0.2, 0.25) is 0 Å². The lowest BCUT2D eigenvalue weighted by Crippen LogP contribution is -2.43. The Morgan fingerprint density at radius 2 is 1.82 bits per heavy atom. The van der Waals surface area contributed by atoms with Crippen molar-refractivity contribution >= 4 is 11.9 Å². The van der Waals surface area contributed by atoms with Crippen LogP contribution in [0.1, 0.15) is 21.7 Å². The van der Waals surface area contributed by atoms with Crippen LogP contribution < -0.4 is 5.32 Å². The lowest BCUT2D eigenvalue weighted by atomic mass is 10.0. The second-order valence-electron chi connectivity index (χ2n) is 6.38. The van der Waals surface area contributed by atoms with E-state index < -0.39 is 17.9 Å². The van der Waals surface area contributed by atoms with Crippen LogP contribution in [0.25, 0.3) is 11.1 Å². The third kappa shape index (κ3) is 4.86. The number of hydrogen-bond donors (Lipinski definition) is 2. The summed E-state index contributed by atoms with van der Waals surface area (Å²) in [5.74, 6) is -1.73. The van der Waals surface area contributed by atoms with E-state index in [1.807, 2.05) is 61.5 Å². The Balaban J connectivity index is 1.61. The van der Waals surface area contributed by atoms with Crippen molar-refractivity contribution in [2.24, 2.45) is 0 Å². The van der Waals surface area contributed by atoms with E-state index in [1.54, 1.807) is 6.07 Å². The fourth-order valence-corrected chi connectivity index (χ4v) is 2.77. The standard InChI is InChI=1S/C22H21NO5/c1-15-7-5-6-10-18(15)17-11-20(28-13-17)21(24)23-19(22(25)26)14-27-12-16-8-3-2-4-9-16/h2-11,13,19H,12,14H2,1H3,(H,23,24)(H,25,26). The van der Waals surface area contributed by atoms with Crippen LogP contribution in [0.4, 0.5) is 0 Å². The molecule has 1 aromatic heterocycles. The summed E-state index contributed by atoms with van der Waals surface area (Å²) >= 11 is 0. The van der Waals surface area contributed by atoms with E-state index in [0.29, 0.717) is 0 Å². The largest absolute Gasteiger partial charge is 0.480 e. The van der Waals surface area contributed by atoms with E-state index in [4.69, 9.17) is 9.15 Å². The maximum Gasteiger partial charge on any atom is 0.328 e. The molecule has 2 N–H and O–H groups in total. The van der Waals surface area contributed by atoms with Crippen LogP contribution in [0.2, 0.25) is 0 Å². The third-order valence-electron chi connectivity index (χ3n) is 4.28. The molecule has 0 bridgehead atoms. The maximum atomic E-state index is 12.4. The van der Waals surface area contributed by atoms with Crippen LogP contribution >= 0.6 is 0 Å². The summed E-state index contributed by atoms with van der Waals surface area (Å²) in [6, 6.07) is 17.5. The number of nitrogens with one attached hydrogen (secondary N) is 1. The number of aliphatic carboxylic acids is 1. The first-order valence-corrected chi connectivity index (χ1v) is 8.84. The lowest BCUT2D eigenvalue weighted by molar-refractivity contribution is -0.141. The van der Waals surface area contributed by atoms with E-state index in [0.717, 1.165) is 22.3 Å². The Kier molecular flexibility index (Phi) is 6.24. The van der Waals surface area contributed by atoms with Gasteiger partial charge in [-0.05, 0) is 29.7 Å². The Morgan fingerprint density at radius 1 is 1.11 bits per heavy atom. The van der Waals surface area contributed by atoms with Crippen molar-refractivity contribution in [2.45, 2.75) is 19.6 Å². The van der Waals surface area contributed by atoms with Crippen LogP contribution in [0.15, 0.2) is 71.3 Å². The van der Waals surface area contributed by atoms with E-state index in [2.05, 4.69) is 5.32 Å². The smallest absolute Gasteiger partial charge is 0.328 e. The van der Waals surface area contributed by atoms with E-state index in [9.17, 15) is 14.7 Å². The highest BCUT2D eigenvalue weighted by atomic mass is 16.5. The molecule has 0 aliphatic rings. The summed E-state index contributed by atoms with van der Waals surface area (Å²) in [6.07, 6.45) is 1.49. The summed E-state index contributed by atoms with van der Waals surface area (Å²) in [5.41, 5.74) is 3.68. The molecule has 0 saturated heterocycles. The number of amides is 1. The van der Waals surface area contributed by atoms with Crippen molar-refractivity contribution in [3.8, 4) is 11.1 Å². The van der Waals surface area contributed by atoms with Crippen LogP contribution in [0.3, 0.4) is 0 Å². The minimum atomic E-state index is -1.18. The van der Waals surface area contributed by atoms with Gasteiger partial charge in [-0.2, -0.15) is 0 Å². The molecule has 0 aliphatic carbocycles.